The highest BCUT2D eigenvalue weighted by Crippen LogP contribution is 2.33. The van der Waals surface area contributed by atoms with Crippen LogP contribution in [0.3, 0.4) is 0 Å². The second kappa shape index (κ2) is 6.16. The molecule has 7 nitrogen and oxygen atoms in total. The van der Waals surface area contributed by atoms with Gasteiger partial charge in [0.05, 0.1) is 11.5 Å². The number of carbonyl (C=O) groups excluding carboxylic acids is 1. The highest BCUT2D eigenvalue weighted by molar-refractivity contribution is 5.81. The molecule has 0 aromatic heterocycles. The zero-order chi connectivity index (χ0) is 14.5. The molecular weight excluding hydrogens is 266 g/mol. The molecule has 0 unspecified atom stereocenters. The van der Waals surface area contributed by atoms with Crippen molar-refractivity contribution in [3.8, 4) is 5.75 Å². The summed E-state index contributed by atoms with van der Waals surface area (Å²) < 4.78 is 15.4. The van der Waals surface area contributed by atoms with E-state index in [1.165, 1.54) is 18.2 Å². The molecule has 0 spiro atoms. The van der Waals surface area contributed by atoms with Crippen LogP contribution in [0.2, 0.25) is 0 Å². The van der Waals surface area contributed by atoms with Crippen LogP contribution in [0.4, 0.5) is 5.69 Å². The quantitative estimate of drug-likeness (QED) is 0.363. The van der Waals surface area contributed by atoms with Gasteiger partial charge in [0.2, 0.25) is 0 Å². The maximum Gasteiger partial charge on any atom is 0.330 e. The van der Waals surface area contributed by atoms with Gasteiger partial charge < -0.3 is 14.2 Å². The molecule has 0 amide bonds. The summed E-state index contributed by atoms with van der Waals surface area (Å²) in [5, 5.41) is 10.9. The van der Waals surface area contributed by atoms with Gasteiger partial charge in [-0.25, -0.2) is 4.79 Å². The van der Waals surface area contributed by atoms with Crippen molar-refractivity contribution in [1.29, 1.82) is 0 Å². The van der Waals surface area contributed by atoms with Crippen molar-refractivity contribution in [2.24, 2.45) is 0 Å². The molecular formula is C13H13NO6. The van der Waals surface area contributed by atoms with E-state index in [0.717, 1.165) is 0 Å². The molecule has 2 rings (SSSR count). The van der Waals surface area contributed by atoms with Crippen LogP contribution in [-0.4, -0.2) is 17.7 Å². The number of nitro groups is 1. The molecule has 1 heterocycles. The van der Waals surface area contributed by atoms with E-state index in [2.05, 4.69) is 0 Å². The van der Waals surface area contributed by atoms with Gasteiger partial charge in [-0.1, -0.05) is 6.08 Å². The second-order valence-electron chi connectivity index (χ2n) is 4.07. The molecule has 7 heteroatoms. The Morgan fingerprint density at radius 2 is 2.35 bits per heavy atom. The first-order chi connectivity index (χ1) is 9.61. The number of allylic oxidation sites excluding steroid dienone is 1. The monoisotopic (exact) mass is 279 g/mol. The zero-order valence-corrected chi connectivity index (χ0v) is 10.8. The Hall–Kier alpha value is -2.41. The molecule has 1 aliphatic rings. The van der Waals surface area contributed by atoms with E-state index < -0.39 is 10.9 Å². The lowest BCUT2D eigenvalue weighted by Gasteiger charge is -2.20. The average Bonchev–Trinajstić information content (AvgIpc) is 2.44. The molecule has 0 fully saturated rings. The lowest BCUT2D eigenvalue weighted by atomic mass is 10.1. The highest BCUT2D eigenvalue weighted by atomic mass is 16.7. The Bertz CT molecular complexity index is 566. The third-order valence-corrected chi connectivity index (χ3v) is 2.66. The van der Waals surface area contributed by atoms with E-state index in [1.807, 2.05) is 0 Å². The Balaban J connectivity index is 2.27. The summed E-state index contributed by atoms with van der Waals surface area (Å²) in [5.74, 6) is -0.0325. The SMILES string of the molecule is CC=CC(=O)OCc1cc([N+](=O)[O-])cc2c1OCOC2. The summed E-state index contributed by atoms with van der Waals surface area (Å²) in [6.07, 6.45) is 2.82. The summed E-state index contributed by atoms with van der Waals surface area (Å²) in [4.78, 5) is 21.7. The fraction of sp³-hybridized carbons (Fsp3) is 0.308. The van der Waals surface area contributed by atoms with Crippen molar-refractivity contribution >= 4 is 11.7 Å². The van der Waals surface area contributed by atoms with Crippen molar-refractivity contribution in [2.45, 2.75) is 20.1 Å². The largest absolute Gasteiger partial charge is 0.467 e. The minimum absolute atomic E-state index is 0.0701. The standard InChI is InChI=1S/C13H13NO6/c1-2-3-12(15)19-7-10-5-11(14(16)17)4-9-6-18-8-20-13(9)10/h2-5H,6-8H2,1H3. The summed E-state index contributed by atoms with van der Waals surface area (Å²) in [5.41, 5.74) is 0.938. The van der Waals surface area contributed by atoms with E-state index in [0.29, 0.717) is 16.9 Å². The van der Waals surface area contributed by atoms with Crippen LogP contribution in [0, 0.1) is 10.1 Å². The summed E-state index contributed by atoms with van der Waals surface area (Å²) in [6.45, 7) is 1.90. The van der Waals surface area contributed by atoms with Crippen LogP contribution >= 0.6 is 0 Å². The number of esters is 1. The number of ether oxygens (including phenoxy) is 3. The predicted octanol–water partition coefficient (Wildman–Crippen LogP) is 2.08. The minimum atomic E-state index is -0.514. The van der Waals surface area contributed by atoms with Gasteiger partial charge in [-0.3, -0.25) is 10.1 Å². The lowest BCUT2D eigenvalue weighted by molar-refractivity contribution is -0.385. The number of rotatable bonds is 4. The number of non-ortho nitro benzene ring substituents is 1. The molecule has 0 aliphatic carbocycles. The minimum Gasteiger partial charge on any atom is -0.467 e. The van der Waals surface area contributed by atoms with Gasteiger partial charge in [0, 0.05) is 29.3 Å². The van der Waals surface area contributed by atoms with Crippen LogP contribution < -0.4 is 4.74 Å². The molecule has 0 bridgehead atoms. The van der Waals surface area contributed by atoms with Gasteiger partial charge in [-0.2, -0.15) is 0 Å². The molecule has 1 aromatic carbocycles. The van der Waals surface area contributed by atoms with E-state index in [9.17, 15) is 14.9 Å². The number of hydrogen-bond acceptors (Lipinski definition) is 6. The van der Waals surface area contributed by atoms with Crippen LogP contribution in [0.15, 0.2) is 24.3 Å². The van der Waals surface area contributed by atoms with Crippen molar-refractivity contribution in [3.63, 3.8) is 0 Å². The zero-order valence-electron chi connectivity index (χ0n) is 10.8. The van der Waals surface area contributed by atoms with Crippen LogP contribution in [-0.2, 0) is 27.5 Å². The Morgan fingerprint density at radius 3 is 3.05 bits per heavy atom. The Labute approximate surface area is 114 Å². The van der Waals surface area contributed by atoms with Crippen LogP contribution in [0.1, 0.15) is 18.1 Å². The maximum absolute atomic E-state index is 11.3. The normalized spacial score (nSPS) is 13.7. The molecule has 106 valence electrons. The molecule has 0 saturated heterocycles. The van der Waals surface area contributed by atoms with Gasteiger partial charge in [-0.15, -0.1) is 0 Å². The molecule has 0 saturated carbocycles. The molecule has 1 aromatic rings. The second-order valence-corrected chi connectivity index (χ2v) is 4.07. The first kappa shape index (κ1) is 14.0. The topological polar surface area (TPSA) is 87.9 Å². The van der Waals surface area contributed by atoms with E-state index in [-0.39, 0.29) is 25.7 Å². The third kappa shape index (κ3) is 3.12. The fourth-order valence-electron chi connectivity index (χ4n) is 1.83. The first-order valence-electron chi connectivity index (χ1n) is 5.92. The number of hydrogen-bond donors (Lipinski definition) is 0. The van der Waals surface area contributed by atoms with Crippen molar-refractivity contribution in [3.05, 3.63) is 45.5 Å². The summed E-state index contributed by atoms with van der Waals surface area (Å²) in [7, 11) is 0. The number of nitrogens with zero attached hydrogens (tertiary/aromatic N) is 1. The number of nitro benzene ring substituents is 1. The fourth-order valence-corrected chi connectivity index (χ4v) is 1.83. The molecule has 0 atom stereocenters. The van der Waals surface area contributed by atoms with Gasteiger partial charge in [0.15, 0.2) is 6.79 Å². The molecule has 0 radical (unpaired) electrons. The lowest BCUT2D eigenvalue weighted by Crippen LogP contribution is -2.14. The summed E-state index contributed by atoms with van der Waals surface area (Å²) >= 11 is 0. The van der Waals surface area contributed by atoms with Crippen molar-refractivity contribution in [1.82, 2.24) is 0 Å². The van der Waals surface area contributed by atoms with Crippen LogP contribution in [0.25, 0.3) is 0 Å². The molecule has 1 aliphatic heterocycles. The smallest absolute Gasteiger partial charge is 0.330 e. The van der Waals surface area contributed by atoms with Gasteiger partial charge in [-0.05, 0) is 6.92 Å². The number of benzene rings is 1. The van der Waals surface area contributed by atoms with Gasteiger partial charge in [0.25, 0.3) is 5.69 Å². The predicted molar refractivity (Wildman–Crippen MR) is 68.0 cm³/mol. The van der Waals surface area contributed by atoms with E-state index >= 15 is 0 Å². The van der Waals surface area contributed by atoms with E-state index in [4.69, 9.17) is 14.2 Å². The summed E-state index contributed by atoms with van der Waals surface area (Å²) in [6, 6.07) is 2.73. The molecule has 20 heavy (non-hydrogen) atoms. The maximum atomic E-state index is 11.3. The number of fused-ring (bicyclic) bond motifs is 1. The van der Waals surface area contributed by atoms with Gasteiger partial charge in [0.1, 0.15) is 12.4 Å². The van der Waals surface area contributed by atoms with E-state index in [1.54, 1.807) is 13.0 Å². The third-order valence-electron chi connectivity index (χ3n) is 2.66. The average molecular weight is 279 g/mol. The van der Waals surface area contributed by atoms with Gasteiger partial charge >= 0.3 is 5.97 Å². The first-order valence-corrected chi connectivity index (χ1v) is 5.92. The van der Waals surface area contributed by atoms with Crippen molar-refractivity contribution in [2.75, 3.05) is 6.79 Å². The number of carbonyl (C=O) groups is 1. The molecule has 0 N–H and O–H groups in total. The van der Waals surface area contributed by atoms with Crippen molar-refractivity contribution < 1.29 is 23.9 Å². The van der Waals surface area contributed by atoms with Crippen LogP contribution in [0.5, 0.6) is 5.75 Å². The Kier molecular flexibility index (Phi) is 4.31. The highest BCUT2D eigenvalue weighted by Gasteiger charge is 2.21. The Morgan fingerprint density at radius 1 is 1.55 bits per heavy atom.